The number of methoxy groups -OCH3 is 1. The van der Waals surface area contributed by atoms with E-state index in [0.717, 1.165) is 22.6 Å². The van der Waals surface area contributed by atoms with Crippen LogP contribution in [0.15, 0.2) is 71.6 Å². The highest BCUT2D eigenvalue weighted by molar-refractivity contribution is 7.97. The number of benzene rings is 3. The Balaban J connectivity index is 1.65. The number of carbonyl (C=O) groups is 1. The van der Waals surface area contributed by atoms with Gasteiger partial charge in [0.15, 0.2) is 0 Å². The first-order valence-electron chi connectivity index (χ1n) is 10.5. The van der Waals surface area contributed by atoms with E-state index in [9.17, 15) is 22.4 Å². The van der Waals surface area contributed by atoms with Gasteiger partial charge in [-0.1, -0.05) is 19.1 Å². The second-order valence-corrected chi connectivity index (χ2v) is 8.59. The molecule has 0 fully saturated rings. The minimum absolute atomic E-state index is 0.133. The van der Waals surface area contributed by atoms with Crippen LogP contribution in [0.4, 0.5) is 17.6 Å². The Kier molecular flexibility index (Phi) is 8.57. The van der Waals surface area contributed by atoms with Crippen molar-refractivity contribution in [1.82, 2.24) is 9.62 Å². The molecule has 0 saturated heterocycles. The minimum atomic E-state index is -4.40. The van der Waals surface area contributed by atoms with Crippen molar-refractivity contribution in [2.75, 3.05) is 20.2 Å². The smallest absolute Gasteiger partial charge is 0.416 e. The molecule has 0 bridgehead atoms. The monoisotopic (exact) mass is 492 g/mol. The quantitative estimate of drug-likeness (QED) is 0.287. The van der Waals surface area contributed by atoms with E-state index in [1.165, 1.54) is 43.3 Å². The summed E-state index contributed by atoms with van der Waals surface area (Å²) in [7, 11) is 1.50. The lowest BCUT2D eigenvalue weighted by Crippen LogP contribution is -2.33. The van der Waals surface area contributed by atoms with Gasteiger partial charge in [0, 0.05) is 18.0 Å². The lowest BCUT2D eigenvalue weighted by Gasteiger charge is -2.19. The summed E-state index contributed by atoms with van der Waals surface area (Å²) in [5.74, 6) is 0.0122. The largest absolute Gasteiger partial charge is 0.497 e. The van der Waals surface area contributed by atoms with Crippen molar-refractivity contribution >= 4 is 17.9 Å². The third-order valence-corrected chi connectivity index (χ3v) is 6.09. The number of nitrogens with zero attached hydrogens (tertiary/aromatic N) is 1. The number of nitrogens with one attached hydrogen (secondary N) is 1. The van der Waals surface area contributed by atoms with Crippen LogP contribution in [0.25, 0.3) is 11.1 Å². The van der Waals surface area contributed by atoms with Gasteiger partial charge in [-0.15, -0.1) is 0 Å². The highest BCUT2D eigenvalue weighted by Gasteiger charge is 2.30. The van der Waals surface area contributed by atoms with Crippen LogP contribution in [0.3, 0.4) is 0 Å². The third kappa shape index (κ3) is 7.23. The molecule has 34 heavy (non-hydrogen) atoms. The van der Waals surface area contributed by atoms with E-state index in [-0.39, 0.29) is 24.8 Å². The highest BCUT2D eigenvalue weighted by atomic mass is 32.2. The van der Waals surface area contributed by atoms with Gasteiger partial charge in [0.2, 0.25) is 5.91 Å². The fourth-order valence-electron chi connectivity index (χ4n) is 3.17. The third-order valence-electron chi connectivity index (χ3n) is 4.96. The van der Waals surface area contributed by atoms with Crippen LogP contribution in [-0.2, 0) is 17.5 Å². The zero-order chi connectivity index (χ0) is 24.7. The lowest BCUT2D eigenvalue weighted by molar-refractivity contribution is -0.137. The van der Waals surface area contributed by atoms with Crippen molar-refractivity contribution in [3.05, 3.63) is 83.7 Å². The van der Waals surface area contributed by atoms with Crippen LogP contribution in [0.5, 0.6) is 5.75 Å². The first-order valence-corrected chi connectivity index (χ1v) is 11.3. The number of likely N-dealkylation sites (N-methyl/N-ethyl adjacent to an activating group) is 1. The maximum absolute atomic E-state index is 13.1. The van der Waals surface area contributed by atoms with Gasteiger partial charge >= 0.3 is 6.18 Å². The molecule has 0 aliphatic heterocycles. The van der Waals surface area contributed by atoms with Crippen LogP contribution in [0, 0.1) is 5.82 Å². The van der Waals surface area contributed by atoms with Gasteiger partial charge in [-0.3, -0.25) is 4.79 Å². The van der Waals surface area contributed by atoms with Crippen LogP contribution in [0.1, 0.15) is 18.1 Å². The van der Waals surface area contributed by atoms with Crippen LogP contribution >= 0.6 is 11.9 Å². The lowest BCUT2D eigenvalue weighted by atomic mass is 10.0. The van der Waals surface area contributed by atoms with Crippen LogP contribution < -0.4 is 10.1 Å². The molecule has 3 aromatic carbocycles. The molecule has 0 heterocycles. The molecular formula is C25H24F4N2O2S. The zero-order valence-corrected chi connectivity index (χ0v) is 19.5. The molecule has 180 valence electrons. The summed E-state index contributed by atoms with van der Waals surface area (Å²) >= 11 is 1.36. The van der Waals surface area contributed by atoms with Gasteiger partial charge in [0.25, 0.3) is 0 Å². The van der Waals surface area contributed by atoms with Gasteiger partial charge in [-0.2, -0.15) is 13.2 Å². The van der Waals surface area contributed by atoms with E-state index in [2.05, 4.69) is 5.32 Å². The molecule has 3 rings (SSSR count). The molecule has 9 heteroatoms. The van der Waals surface area contributed by atoms with Gasteiger partial charge in [0.1, 0.15) is 11.6 Å². The number of rotatable bonds is 9. The van der Waals surface area contributed by atoms with Crippen molar-refractivity contribution in [2.24, 2.45) is 0 Å². The molecule has 0 saturated carbocycles. The predicted molar refractivity (Wildman–Crippen MR) is 125 cm³/mol. The Hall–Kier alpha value is -3.04. The van der Waals surface area contributed by atoms with E-state index in [0.29, 0.717) is 23.4 Å². The maximum atomic E-state index is 13.1. The molecule has 0 aliphatic rings. The van der Waals surface area contributed by atoms with Crippen molar-refractivity contribution in [1.29, 1.82) is 0 Å². The number of hydrogen-bond donors (Lipinski definition) is 1. The summed E-state index contributed by atoms with van der Waals surface area (Å²) in [6, 6.07) is 16.2. The molecule has 0 unspecified atom stereocenters. The second-order valence-electron chi connectivity index (χ2n) is 7.42. The molecule has 0 aromatic heterocycles. The highest BCUT2D eigenvalue weighted by Crippen LogP contribution is 2.32. The average molecular weight is 493 g/mol. The molecule has 0 aliphatic carbocycles. The maximum Gasteiger partial charge on any atom is 0.416 e. The Morgan fingerprint density at radius 3 is 2.26 bits per heavy atom. The number of hydrogen-bond acceptors (Lipinski definition) is 4. The number of carbonyl (C=O) groups excluding carboxylic acids is 1. The summed E-state index contributed by atoms with van der Waals surface area (Å²) in [4.78, 5) is 13.3. The number of amides is 1. The molecular weight excluding hydrogens is 468 g/mol. The Morgan fingerprint density at radius 1 is 1.00 bits per heavy atom. The van der Waals surface area contributed by atoms with Gasteiger partial charge in [-0.25, -0.2) is 8.70 Å². The van der Waals surface area contributed by atoms with Crippen LogP contribution in [-0.4, -0.2) is 30.4 Å². The van der Waals surface area contributed by atoms with Crippen molar-refractivity contribution in [3.8, 4) is 16.9 Å². The first-order chi connectivity index (χ1) is 16.2. The summed E-state index contributed by atoms with van der Waals surface area (Å²) in [6.45, 7) is 2.88. The van der Waals surface area contributed by atoms with Gasteiger partial charge < -0.3 is 10.1 Å². The Labute approximate surface area is 200 Å². The minimum Gasteiger partial charge on any atom is -0.497 e. The van der Waals surface area contributed by atoms with Crippen molar-refractivity contribution in [3.63, 3.8) is 0 Å². The normalized spacial score (nSPS) is 11.5. The summed E-state index contributed by atoms with van der Waals surface area (Å²) in [5.41, 5.74) is 1.31. The number of halogens is 4. The van der Waals surface area contributed by atoms with Crippen molar-refractivity contribution in [2.45, 2.75) is 24.5 Å². The standard InChI is InChI=1S/C25H24F4N2O2S/c1-3-31(34-23-10-8-21(26)9-11-23)16-24(32)30-15-17-12-19(14-22(13-17)33-2)18-4-6-20(7-5-18)25(27,28)29/h4-14H,3,15-16H2,1-2H3,(H,30,32). The molecule has 4 nitrogen and oxygen atoms in total. The first kappa shape index (κ1) is 25.6. The molecule has 1 amide bonds. The van der Waals surface area contributed by atoms with E-state index in [1.807, 2.05) is 11.2 Å². The van der Waals surface area contributed by atoms with Gasteiger partial charge in [-0.05, 0) is 83.2 Å². The van der Waals surface area contributed by atoms with Gasteiger partial charge in [0.05, 0.1) is 19.2 Å². The Morgan fingerprint density at radius 2 is 1.68 bits per heavy atom. The van der Waals surface area contributed by atoms with E-state index < -0.39 is 11.7 Å². The summed E-state index contributed by atoms with van der Waals surface area (Å²) in [6.07, 6.45) is -4.40. The van der Waals surface area contributed by atoms with E-state index in [1.54, 1.807) is 30.3 Å². The number of ether oxygens (including phenoxy) is 1. The van der Waals surface area contributed by atoms with E-state index in [4.69, 9.17) is 4.74 Å². The second kappa shape index (κ2) is 11.4. The topological polar surface area (TPSA) is 41.6 Å². The predicted octanol–water partition coefficient (Wildman–Crippen LogP) is 6.17. The fourth-order valence-corrected chi connectivity index (χ4v) is 4.04. The van der Waals surface area contributed by atoms with E-state index >= 15 is 0 Å². The molecule has 1 N–H and O–H groups in total. The molecule has 0 atom stereocenters. The molecule has 0 spiro atoms. The van der Waals surface area contributed by atoms with Crippen molar-refractivity contribution < 1.29 is 27.1 Å². The number of alkyl halides is 3. The fraction of sp³-hybridized carbons (Fsp3) is 0.240. The summed E-state index contributed by atoms with van der Waals surface area (Å²) < 4.78 is 58.8. The molecule has 0 radical (unpaired) electrons. The van der Waals surface area contributed by atoms with Crippen LogP contribution in [0.2, 0.25) is 0 Å². The average Bonchev–Trinajstić information content (AvgIpc) is 2.83. The Bertz CT molecular complexity index is 1100. The molecule has 3 aromatic rings. The summed E-state index contributed by atoms with van der Waals surface area (Å²) in [5, 5.41) is 2.86. The SMILES string of the molecule is CCN(CC(=O)NCc1cc(OC)cc(-c2ccc(C(F)(F)F)cc2)c1)Sc1ccc(F)cc1. The zero-order valence-electron chi connectivity index (χ0n) is 18.7.